The molecule has 0 spiro atoms. The lowest BCUT2D eigenvalue weighted by atomic mass is 10.3. The van der Waals surface area contributed by atoms with Crippen molar-refractivity contribution in [2.45, 2.75) is 32.7 Å². The number of nitrogens with one attached hydrogen (secondary N) is 2. The third kappa shape index (κ3) is 6.78. The van der Waals surface area contributed by atoms with E-state index in [4.69, 9.17) is 4.42 Å². The van der Waals surface area contributed by atoms with E-state index in [1.807, 2.05) is 19.9 Å². The number of furan rings is 1. The Bertz CT molecular complexity index is 413. The molecule has 0 fully saturated rings. The van der Waals surface area contributed by atoms with Crippen LogP contribution < -0.4 is 10.0 Å². The van der Waals surface area contributed by atoms with E-state index in [0.29, 0.717) is 25.4 Å². The summed E-state index contributed by atoms with van der Waals surface area (Å²) in [5, 5.41) is 3.19. The minimum atomic E-state index is -3.16. The lowest BCUT2D eigenvalue weighted by Gasteiger charge is -2.08. The van der Waals surface area contributed by atoms with Crippen LogP contribution in [0.25, 0.3) is 0 Å². The third-order valence-corrected chi connectivity index (χ3v) is 3.89. The monoisotopic (exact) mass is 274 g/mol. The van der Waals surface area contributed by atoms with Gasteiger partial charge < -0.3 is 9.73 Å². The maximum Gasteiger partial charge on any atom is 0.211 e. The Balaban J connectivity index is 2.15. The molecule has 0 unspecified atom stereocenters. The predicted octanol–water partition coefficient (Wildman–Crippen LogP) is 1.13. The second-order valence-electron chi connectivity index (χ2n) is 4.50. The van der Waals surface area contributed by atoms with E-state index in [2.05, 4.69) is 10.0 Å². The normalized spacial score (nSPS) is 12.2. The molecule has 0 aliphatic carbocycles. The van der Waals surface area contributed by atoms with Crippen molar-refractivity contribution >= 4 is 10.0 Å². The van der Waals surface area contributed by atoms with E-state index in [1.54, 1.807) is 12.3 Å². The summed E-state index contributed by atoms with van der Waals surface area (Å²) in [6.45, 7) is 5.18. The lowest BCUT2D eigenvalue weighted by Crippen LogP contribution is -2.31. The van der Waals surface area contributed by atoms with Crippen LogP contribution in [0.5, 0.6) is 0 Å². The Kier molecular flexibility index (Phi) is 6.38. The van der Waals surface area contributed by atoms with Gasteiger partial charge in [-0.15, -0.1) is 0 Å². The largest absolute Gasteiger partial charge is 0.469 e. The Morgan fingerprint density at radius 1 is 1.33 bits per heavy atom. The molecule has 0 saturated carbocycles. The van der Waals surface area contributed by atoms with Crippen LogP contribution in [0, 0.1) is 0 Å². The van der Waals surface area contributed by atoms with Crippen molar-refractivity contribution < 1.29 is 12.8 Å². The molecule has 0 aromatic carbocycles. The van der Waals surface area contributed by atoms with Crippen molar-refractivity contribution in [1.82, 2.24) is 10.0 Å². The third-order valence-electron chi connectivity index (χ3n) is 2.42. The molecule has 1 aromatic rings. The Morgan fingerprint density at radius 3 is 2.72 bits per heavy atom. The van der Waals surface area contributed by atoms with E-state index in [-0.39, 0.29) is 5.75 Å². The molecule has 18 heavy (non-hydrogen) atoms. The molecule has 1 aromatic heterocycles. The molecule has 5 nitrogen and oxygen atoms in total. The smallest absolute Gasteiger partial charge is 0.211 e. The molecular weight excluding hydrogens is 252 g/mol. The van der Waals surface area contributed by atoms with Crippen LogP contribution >= 0.6 is 0 Å². The van der Waals surface area contributed by atoms with Crippen molar-refractivity contribution in [2.75, 3.05) is 18.8 Å². The highest BCUT2D eigenvalue weighted by Gasteiger charge is 2.09. The zero-order valence-corrected chi connectivity index (χ0v) is 11.8. The predicted molar refractivity (Wildman–Crippen MR) is 72.0 cm³/mol. The second-order valence-corrected chi connectivity index (χ2v) is 6.43. The van der Waals surface area contributed by atoms with Crippen LogP contribution in [0.1, 0.15) is 26.0 Å². The number of hydrogen-bond acceptors (Lipinski definition) is 4. The highest BCUT2D eigenvalue weighted by atomic mass is 32.2. The van der Waals surface area contributed by atoms with Gasteiger partial charge in [0.15, 0.2) is 0 Å². The second kappa shape index (κ2) is 7.56. The van der Waals surface area contributed by atoms with Gasteiger partial charge in [-0.05, 0) is 25.1 Å². The molecule has 0 bridgehead atoms. The molecule has 0 amide bonds. The Hall–Kier alpha value is -0.850. The molecule has 104 valence electrons. The standard InChI is InChI=1S/C12H22N2O3S/c1-11(2)13-7-4-10-18(15,16)14-8-6-12-5-3-9-17-12/h3,5,9,11,13-14H,4,6-8,10H2,1-2H3. The minimum absolute atomic E-state index is 0.158. The lowest BCUT2D eigenvalue weighted by molar-refractivity contribution is 0.505. The van der Waals surface area contributed by atoms with Crippen molar-refractivity contribution in [1.29, 1.82) is 0 Å². The van der Waals surface area contributed by atoms with Crippen molar-refractivity contribution in [3.05, 3.63) is 24.2 Å². The quantitative estimate of drug-likeness (QED) is 0.662. The fraction of sp³-hybridized carbons (Fsp3) is 0.667. The van der Waals surface area contributed by atoms with E-state index in [1.165, 1.54) is 0 Å². The van der Waals surface area contributed by atoms with Crippen LogP contribution in [-0.2, 0) is 16.4 Å². The topological polar surface area (TPSA) is 71.3 Å². The molecule has 6 heteroatoms. The summed E-state index contributed by atoms with van der Waals surface area (Å²) in [5.41, 5.74) is 0. The van der Waals surface area contributed by atoms with Gasteiger partial charge in [-0.25, -0.2) is 13.1 Å². The summed E-state index contributed by atoms with van der Waals surface area (Å²) in [6, 6.07) is 4.02. The van der Waals surface area contributed by atoms with Gasteiger partial charge in [-0.3, -0.25) is 0 Å². The molecule has 0 atom stereocenters. The molecular formula is C12H22N2O3S. The van der Waals surface area contributed by atoms with Gasteiger partial charge >= 0.3 is 0 Å². The molecule has 0 radical (unpaired) electrons. The summed E-state index contributed by atoms with van der Waals surface area (Å²) in [6.07, 6.45) is 2.78. The number of hydrogen-bond donors (Lipinski definition) is 2. The Morgan fingerprint density at radius 2 is 2.11 bits per heavy atom. The van der Waals surface area contributed by atoms with Crippen LogP contribution in [0.3, 0.4) is 0 Å². The summed E-state index contributed by atoms with van der Waals surface area (Å²) >= 11 is 0. The van der Waals surface area contributed by atoms with Gasteiger partial charge in [0, 0.05) is 19.0 Å². The first kappa shape index (κ1) is 15.2. The van der Waals surface area contributed by atoms with Gasteiger partial charge in [0.2, 0.25) is 10.0 Å². The molecule has 1 rings (SSSR count). The zero-order chi connectivity index (χ0) is 13.4. The molecule has 2 N–H and O–H groups in total. The van der Waals surface area contributed by atoms with Gasteiger partial charge in [-0.2, -0.15) is 0 Å². The molecule has 0 aliphatic rings. The van der Waals surface area contributed by atoms with E-state index < -0.39 is 10.0 Å². The average molecular weight is 274 g/mol. The summed E-state index contributed by atoms with van der Waals surface area (Å²) in [5.74, 6) is 0.949. The van der Waals surface area contributed by atoms with E-state index >= 15 is 0 Å². The molecule has 1 heterocycles. The van der Waals surface area contributed by atoms with Crippen molar-refractivity contribution in [2.24, 2.45) is 0 Å². The zero-order valence-electron chi connectivity index (χ0n) is 11.0. The first-order chi connectivity index (χ1) is 8.49. The fourth-order valence-electron chi connectivity index (χ4n) is 1.51. The van der Waals surface area contributed by atoms with Gasteiger partial charge in [0.05, 0.1) is 12.0 Å². The average Bonchev–Trinajstić information content (AvgIpc) is 2.77. The highest BCUT2D eigenvalue weighted by molar-refractivity contribution is 7.89. The molecule has 0 saturated heterocycles. The minimum Gasteiger partial charge on any atom is -0.469 e. The maximum atomic E-state index is 11.6. The van der Waals surface area contributed by atoms with E-state index in [0.717, 1.165) is 12.3 Å². The maximum absolute atomic E-state index is 11.6. The van der Waals surface area contributed by atoms with Crippen LogP contribution in [0.15, 0.2) is 22.8 Å². The SMILES string of the molecule is CC(C)NCCCS(=O)(=O)NCCc1ccco1. The first-order valence-corrected chi connectivity index (χ1v) is 7.88. The Labute approximate surface area is 109 Å². The van der Waals surface area contributed by atoms with Crippen molar-refractivity contribution in [3.8, 4) is 0 Å². The van der Waals surface area contributed by atoms with Gasteiger partial charge in [0.1, 0.15) is 5.76 Å². The first-order valence-electron chi connectivity index (χ1n) is 6.23. The van der Waals surface area contributed by atoms with E-state index in [9.17, 15) is 8.42 Å². The summed E-state index contributed by atoms with van der Waals surface area (Å²) < 4.78 is 31.0. The van der Waals surface area contributed by atoms with Crippen LogP contribution in [-0.4, -0.2) is 33.3 Å². The summed E-state index contributed by atoms with van der Waals surface area (Å²) in [7, 11) is -3.16. The fourth-order valence-corrected chi connectivity index (χ4v) is 2.59. The van der Waals surface area contributed by atoms with Gasteiger partial charge in [-0.1, -0.05) is 13.8 Å². The number of sulfonamides is 1. The van der Waals surface area contributed by atoms with Crippen molar-refractivity contribution in [3.63, 3.8) is 0 Å². The number of rotatable bonds is 9. The van der Waals surface area contributed by atoms with Crippen LogP contribution in [0.2, 0.25) is 0 Å². The summed E-state index contributed by atoms with van der Waals surface area (Å²) in [4.78, 5) is 0. The van der Waals surface area contributed by atoms with Crippen LogP contribution in [0.4, 0.5) is 0 Å². The highest BCUT2D eigenvalue weighted by Crippen LogP contribution is 2.00. The molecule has 0 aliphatic heterocycles. The van der Waals surface area contributed by atoms with Gasteiger partial charge in [0.25, 0.3) is 0 Å².